The van der Waals surface area contributed by atoms with Crippen LogP contribution in [0.3, 0.4) is 0 Å². The van der Waals surface area contributed by atoms with E-state index in [2.05, 4.69) is 26.4 Å². The van der Waals surface area contributed by atoms with Crippen molar-refractivity contribution in [1.82, 2.24) is 5.32 Å². The van der Waals surface area contributed by atoms with E-state index >= 15 is 0 Å². The zero-order chi connectivity index (χ0) is 19.5. The lowest BCUT2D eigenvalue weighted by Crippen LogP contribution is -2.33. The molecule has 6 nitrogen and oxygen atoms in total. The maximum atomic E-state index is 12.2. The Labute approximate surface area is 167 Å². The summed E-state index contributed by atoms with van der Waals surface area (Å²) in [5, 5.41) is 15.2. The predicted molar refractivity (Wildman–Crippen MR) is 109 cm³/mol. The molecule has 0 heterocycles. The Balaban J connectivity index is 1.88. The van der Waals surface area contributed by atoms with Crippen LogP contribution in [-0.2, 0) is 17.6 Å². The Hall–Kier alpha value is -2.38. The summed E-state index contributed by atoms with van der Waals surface area (Å²) in [6, 6.07) is 15.4. The van der Waals surface area contributed by atoms with Gasteiger partial charge in [0.1, 0.15) is 11.5 Å². The van der Waals surface area contributed by atoms with Gasteiger partial charge in [0.25, 0.3) is 5.91 Å². The van der Waals surface area contributed by atoms with Crippen LogP contribution in [0.4, 0.5) is 0 Å². The molecule has 27 heavy (non-hydrogen) atoms. The third-order valence-electron chi connectivity index (χ3n) is 3.90. The molecule has 0 saturated carbocycles. The van der Waals surface area contributed by atoms with Crippen LogP contribution >= 0.6 is 15.9 Å². The molecular formula is C20H24BrN3O3. The molecule has 7 heteroatoms. The minimum Gasteiger partial charge on any atom is -0.492 e. The standard InChI is InChI=1S/C20H24BrN3O3/c21-17-13-16(7-8-19(17)27-12-4-10-22)14-18(24-26)20(25)23-11-9-15-5-2-1-3-6-15/h1-3,5-8,13,26H,4,9-12,14,22H2,(H,23,25)/b24-18+. The van der Waals surface area contributed by atoms with Gasteiger partial charge >= 0.3 is 0 Å². The van der Waals surface area contributed by atoms with Crippen LogP contribution < -0.4 is 15.8 Å². The van der Waals surface area contributed by atoms with Gasteiger partial charge in [-0.3, -0.25) is 4.79 Å². The molecule has 2 aromatic rings. The van der Waals surface area contributed by atoms with Gasteiger partial charge in [-0.2, -0.15) is 0 Å². The number of benzene rings is 2. The lowest BCUT2D eigenvalue weighted by atomic mass is 10.1. The van der Waals surface area contributed by atoms with Crippen molar-refractivity contribution in [2.24, 2.45) is 10.9 Å². The summed E-state index contributed by atoms with van der Waals surface area (Å²) in [7, 11) is 0. The highest BCUT2D eigenvalue weighted by molar-refractivity contribution is 9.10. The average Bonchev–Trinajstić information content (AvgIpc) is 2.68. The van der Waals surface area contributed by atoms with Crippen molar-refractivity contribution < 1.29 is 14.7 Å². The van der Waals surface area contributed by atoms with Crippen molar-refractivity contribution >= 4 is 27.5 Å². The molecule has 4 N–H and O–H groups in total. The highest BCUT2D eigenvalue weighted by atomic mass is 79.9. The number of rotatable bonds is 10. The second-order valence-corrected chi connectivity index (χ2v) is 6.82. The number of carbonyl (C=O) groups is 1. The molecule has 2 aromatic carbocycles. The molecule has 0 aliphatic carbocycles. The first kappa shape index (κ1) is 20.9. The number of nitrogens with two attached hydrogens (primary N) is 1. The fourth-order valence-electron chi connectivity index (χ4n) is 2.46. The summed E-state index contributed by atoms with van der Waals surface area (Å²) >= 11 is 3.46. The Kier molecular flexibility index (Phi) is 8.80. The van der Waals surface area contributed by atoms with Crippen LogP contribution in [0.5, 0.6) is 5.75 Å². The van der Waals surface area contributed by atoms with Crippen molar-refractivity contribution in [2.75, 3.05) is 19.7 Å². The van der Waals surface area contributed by atoms with E-state index in [9.17, 15) is 10.0 Å². The maximum absolute atomic E-state index is 12.2. The van der Waals surface area contributed by atoms with Crippen molar-refractivity contribution in [3.05, 3.63) is 64.1 Å². The fraction of sp³-hybridized carbons (Fsp3) is 0.300. The minimum atomic E-state index is -0.382. The minimum absolute atomic E-state index is 0.0618. The first-order valence-electron chi connectivity index (χ1n) is 8.78. The van der Waals surface area contributed by atoms with Crippen molar-refractivity contribution in [3.8, 4) is 5.75 Å². The quantitative estimate of drug-likeness (QED) is 0.232. The number of amides is 1. The molecule has 144 valence electrons. The van der Waals surface area contributed by atoms with Gasteiger partial charge in [0.05, 0.1) is 11.1 Å². The van der Waals surface area contributed by atoms with E-state index in [1.54, 1.807) is 0 Å². The molecule has 0 fully saturated rings. The number of hydrogen-bond donors (Lipinski definition) is 3. The van der Waals surface area contributed by atoms with Crippen molar-refractivity contribution in [3.63, 3.8) is 0 Å². The SMILES string of the molecule is NCCCOc1ccc(C/C(=N\O)C(=O)NCCc2ccccc2)cc1Br. The molecule has 0 bridgehead atoms. The zero-order valence-electron chi connectivity index (χ0n) is 15.0. The van der Waals surface area contributed by atoms with Crippen molar-refractivity contribution in [2.45, 2.75) is 19.3 Å². The number of nitrogens with zero attached hydrogens (tertiary/aromatic N) is 1. The fourth-order valence-corrected chi connectivity index (χ4v) is 3.00. The Bertz CT molecular complexity index is 766. The first-order valence-corrected chi connectivity index (χ1v) is 9.57. The number of halogens is 1. The Morgan fingerprint density at radius 2 is 1.96 bits per heavy atom. The van der Waals surface area contributed by atoms with Gasteiger partial charge < -0.3 is 21.0 Å². The molecule has 0 aromatic heterocycles. The molecule has 0 spiro atoms. The maximum Gasteiger partial charge on any atom is 0.269 e. The molecule has 0 saturated heterocycles. The lowest BCUT2D eigenvalue weighted by Gasteiger charge is -2.10. The van der Waals surface area contributed by atoms with Gasteiger partial charge in [-0.1, -0.05) is 41.6 Å². The summed E-state index contributed by atoms with van der Waals surface area (Å²) in [6.07, 6.45) is 1.71. The van der Waals surface area contributed by atoms with Gasteiger partial charge in [-0.15, -0.1) is 0 Å². The molecule has 2 rings (SSSR count). The smallest absolute Gasteiger partial charge is 0.269 e. The number of oxime groups is 1. The van der Waals surface area contributed by atoms with Crippen LogP contribution in [-0.4, -0.2) is 36.5 Å². The van der Waals surface area contributed by atoms with Crippen LogP contribution in [0.25, 0.3) is 0 Å². The van der Waals surface area contributed by atoms with E-state index in [1.807, 2.05) is 48.5 Å². The van der Waals surface area contributed by atoms with E-state index in [-0.39, 0.29) is 18.0 Å². The van der Waals surface area contributed by atoms with Crippen LogP contribution in [0.2, 0.25) is 0 Å². The number of nitrogens with one attached hydrogen (secondary N) is 1. The summed E-state index contributed by atoms with van der Waals surface area (Å²) in [5.41, 5.74) is 7.48. The molecule has 1 amide bonds. The van der Waals surface area contributed by atoms with Gasteiger partial charge in [0, 0.05) is 13.0 Å². The summed E-state index contributed by atoms with van der Waals surface area (Å²) < 4.78 is 6.40. The Morgan fingerprint density at radius 1 is 1.19 bits per heavy atom. The predicted octanol–water partition coefficient (Wildman–Crippen LogP) is 2.91. The average molecular weight is 434 g/mol. The van der Waals surface area contributed by atoms with Gasteiger partial charge in [-0.25, -0.2) is 0 Å². The number of ether oxygens (including phenoxy) is 1. The second kappa shape index (κ2) is 11.4. The topological polar surface area (TPSA) is 96.9 Å². The highest BCUT2D eigenvalue weighted by Gasteiger charge is 2.14. The van der Waals surface area contributed by atoms with Gasteiger partial charge in [0.15, 0.2) is 0 Å². The molecule has 0 unspecified atom stereocenters. The third-order valence-corrected chi connectivity index (χ3v) is 4.52. The van der Waals surface area contributed by atoms with Gasteiger partial charge in [-0.05, 0) is 58.6 Å². The molecule has 0 aliphatic rings. The molecule has 0 aliphatic heterocycles. The first-order chi connectivity index (χ1) is 13.1. The van der Waals surface area contributed by atoms with Crippen LogP contribution in [0, 0.1) is 0 Å². The second-order valence-electron chi connectivity index (χ2n) is 5.97. The van der Waals surface area contributed by atoms with E-state index in [0.29, 0.717) is 31.9 Å². The van der Waals surface area contributed by atoms with E-state index in [1.165, 1.54) is 0 Å². The van der Waals surface area contributed by atoms with E-state index in [4.69, 9.17) is 10.5 Å². The van der Waals surface area contributed by atoms with E-state index in [0.717, 1.165) is 22.0 Å². The molecular weight excluding hydrogens is 410 g/mol. The summed E-state index contributed by atoms with van der Waals surface area (Å²) in [5.74, 6) is 0.329. The molecule has 0 radical (unpaired) electrons. The lowest BCUT2D eigenvalue weighted by molar-refractivity contribution is -0.115. The number of hydrogen-bond acceptors (Lipinski definition) is 5. The highest BCUT2D eigenvalue weighted by Crippen LogP contribution is 2.26. The number of carbonyl (C=O) groups excluding carboxylic acids is 1. The molecule has 0 atom stereocenters. The van der Waals surface area contributed by atoms with Crippen LogP contribution in [0.1, 0.15) is 17.5 Å². The monoisotopic (exact) mass is 433 g/mol. The Morgan fingerprint density at radius 3 is 2.63 bits per heavy atom. The summed E-state index contributed by atoms with van der Waals surface area (Å²) in [4.78, 5) is 12.2. The van der Waals surface area contributed by atoms with Crippen molar-refractivity contribution in [1.29, 1.82) is 0 Å². The van der Waals surface area contributed by atoms with E-state index < -0.39 is 0 Å². The largest absolute Gasteiger partial charge is 0.492 e. The third kappa shape index (κ3) is 7.03. The normalized spacial score (nSPS) is 11.3. The van der Waals surface area contributed by atoms with Crippen LogP contribution in [0.15, 0.2) is 58.2 Å². The van der Waals surface area contributed by atoms with Gasteiger partial charge in [0.2, 0.25) is 0 Å². The zero-order valence-corrected chi connectivity index (χ0v) is 16.6. The summed E-state index contributed by atoms with van der Waals surface area (Å²) in [6.45, 7) is 1.59.